The van der Waals surface area contributed by atoms with Crippen molar-refractivity contribution in [3.63, 3.8) is 0 Å². The number of rotatable bonds is 8. The van der Waals surface area contributed by atoms with E-state index in [1.807, 2.05) is 0 Å². The first kappa shape index (κ1) is 19.8. The second kappa shape index (κ2) is 8.73. The summed E-state index contributed by atoms with van der Waals surface area (Å²) in [6.45, 7) is 2.41. The van der Waals surface area contributed by atoms with Crippen molar-refractivity contribution in [2.45, 2.75) is 32.4 Å². The van der Waals surface area contributed by atoms with E-state index < -0.39 is 11.7 Å². The highest BCUT2D eigenvalue weighted by molar-refractivity contribution is 5.64. The summed E-state index contributed by atoms with van der Waals surface area (Å²) in [7, 11) is 3.00. The molecule has 1 aromatic carbocycles. The number of aromatic nitrogens is 2. The summed E-state index contributed by atoms with van der Waals surface area (Å²) in [5, 5.41) is 0. The Morgan fingerprint density at radius 3 is 2.62 bits per heavy atom. The van der Waals surface area contributed by atoms with Crippen molar-refractivity contribution >= 4 is 11.5 Å². The smallest absolute Gasteiger partial charge is 0.421 e. The van der Waals surface area contributed by atoms with Gasteiger partial charge in [-0.3, -0.25) is 0 Å². The first-order valence-electron chi connectivity index (χ1n) is 8.31. The minimum atomic E-state index is -4.58. The Kier molecular flexibility index (Phi) is 6.65. The van der Waals surface area contributed by atoms with Gasteiger partial charge in [-0.05, 0) is 18.6 Å². The Morgan fingerprint density at radius 1 is 1.19 bits per heavy atom. The van der Waals surface area contributed by atoms with E-state index in [9.17, 15) is 13.2 Å². The molecule has 0 atom stereocenters. The number of nitrogens with zero attached hydrogens (tertiary/aromatic N) is 3. The third-order valence-corrected chi connectivity index (χ3v) is 3.79. The van der Waals surface area contributed by atoms with Gasteiger partial charge in [0.2, 0.25) is 0 Å². The maximum atomic E-state index is 13.4. The zero-order valence-corrected chi connectivity index (χ0v) is 15.0. The molecule has 142 valence electrons. The molecule has 0 aliphatic carbocycles. The highest BCUT2D eigenvalue weighted by Gasteiger charge is 2.36. The van der Waals surface area contributed by atoms with Crippen molar-refractivity contribution in [2.75, 3.05) is 25.7 Å². The molecule has 5 nitrogen and oxygen atoms in total. The van der Waals surface area contributed by atoms with Crippen molar-refractivity contribution in [3.8, 4) is 11.8 Å². The quantitative estimate of drug-likeness (QED) is 0.623. The lowest BCUT2D eigenvalue weighted by Gasteiger charge is -2.23. The maximum Gasteiger partial charge on any atom is 0.421 e. The fourth-order valence-electron chi connectivity index (χ4n) is 2.34. The van der Waals surface area contributed by atoms with Crippen molar-refractivity contribution in [1.29, 1.82) is 0 Å². The molecule has 8 heteroatoms. The van der Waals surface area contributed by atoms with Gasteiger partial charge in [-0.2, -0.15) is 18.2 Å². The third-order valence-electron chi connectivity index (χ3n) is 3.79. The fourth-order valence-corrected chi connectivity index (χ4v) is 2.34. The highest BCUT2D eigenvalue weighted by atomic mass is 19.4. The normalized spacial score (nSPS) is 11.3. The lowest BCUT2D eigenvalue weighted by atomic mass is 10.2. The van der Waals surface area contributed by atoms with E-state index in [4.69, 9.17) is 9.47 Å². The second-order valence-electron chi connectivity index (χ2n) is 5.70. The molecule has 0 radical (unpaired) electrons. The number of halogens is 3. The molecule has 0 aliphatic heterocycles. The molecule has 2 aromatic rings. The van der Waals surface area contributed by atoms with Gasteiger partial charge in [0.25, 0.3) is 0 Å². The summed E-state index contributed by atoms with van der Waals surface area (Å²) in [4.78, 5) is 9.05. The largest absolute Gasteiger partial charge is 0.497 e. The molecule has 0 unspecified atom stereocenters. The van der Waals surface area contributed by atoms with Crippen molar-refractivity contribution < 1.29 is 22.6 Å². The van der Waals surface area contributed by atoms with E-state index in [-0.39, 0.29) is 11.8 Å². The van der Waals surface area contributed by atoms with Crippen LogP contribution in [-0.4, -0.2) is 30.7 Å². The molecule has 1 heterocycles. The molecule has 2 rings (SSSR count). The van der Waals surface area contributed by atoms with Crippen LogP contribution in [0.4, 0.5) is 24.7 Å². The van der Waals surface area contributed by atoms with Crippen LogP contribution in [-0.2, 0) is 6.18 Å². The molecule has 0 fully saturated rings. The number of hydrogen-bond acceptors (Lipinski definition) is 5. The van der Waals surface area contributed by atoms with Gasteiger partial charge in [-0.25, -0.2) is 4.98 Å². The number of hydrogen-bond donors (Lipinski definition) is 0. The topological polar surface area (TPSA) is 47.5 Å². The Hall–Kier alpha value is -2.51. The van der Waals surface area contributed by atoms with Gasteiger partial charge in [-0.15, -0.1) is 0 Å². The summed E-state index contributed by atoms with van der Waals surface area (Å²) in [6, 6.07) is 6.64. The Morgan fingerprint density at radius 2 is 1.96 bits per heavy atom. The number of alkyl halides is 3. The lowest BCUT2D eigenvalue weighted by molar-refractivity contribution is -0.137. The summed E-state index contributed by atoms with van der Waals surface area (Å²) in [5.74, 6) is 0.263. The Labute approximate surface area is 150 Å². The van der Waals surface area contributed by atoms with Crippen LogP contribution in [0.5, 0.6) is 11.8 Å². The van der Waals surface area contributed by atoms with Crippen LogP contribution < -0.4 is 14.4 Å². The van der Waals surface area contributed by atoms with E-state index in [1.54, 1.807) is 24.3 Å². The van der Waals surface area contributed by atoms with E-state index in [0.717, 1.165) is 25.5 Å². The highest BCUT2D eigenvalue weighted by Crippen LogP contribution is 2.38. The Bertz CT molecular complexity index is 723. The number of benzene rings is 1. The number of anilines is 2. The number of ether oxygens (including phenoxy) is 2. The molecule has 1 aromatic heterocycles. The van der Waals surface area contributed by atoms with Crippen LogP contribution in [0.3, 0.4) is 0 Å². The van der Waals surface area contributed by atoms with E-state index in [2.05, 4.69) is 16.9 Å². The zero-order chi connectivity index (χ0) is 19.2. The number of unbranched alkanes of at least 4 members (excludes halogenated alkanes) is 2. The molecule has 26 heavy (non-hydrogen) atoms. The van der Waals surface area contributed by atoms with Crippen LogP contribution in [0.1, 0.15) is 31.7 Å². The Balaban J connectivity index is 2.35. The lowest BCUT2D eigenvalue weighted by Crippen LogP contribution is -2.19. The molecule has 0 aliphatic rings. The second-order valence-corrected chi connectivity index (χ2v) is 5.70. The summed E-state index contributed by atoms with van der Waals surface area (Å²) in [6.07, 6.45) is -1.04. The van der Waals surface area contributed by atoms with Gasteiger partial charge >= 0.3 is 12.2 Å². The molecule has 0 N–H and O–H groups in total. The molecule has 0 amide bonds. The summed E-state index contributed by atoms with van der Waals surface area (Å²) >= 11 is 0. The predicted octanol–water partition coefficient (Wildman–Crippen LogP) is 4.84. The van der Waals surface area contributed by atoms with Gasteiger partial charge in [0.1, 0.15) is 11.3 Å². The SMILES string of the molecule is CCCCCOc1ncc(C(F)(F)F)c(N(C)c2cccc(OC)c2)n1. The minimum Gasteiger partial charge on any atom is -0.497 e. The van der Waals surface area contributed by atoms with Crippen LogP contribution >= 0.6 is 0 Å². The van der Waals surface area contributed by atoms with Crippen LogP contribution in [0.25, 0.3) is 0 Å². The average molecular weight is 369 g/mol. The van der Waals surface area contributed by atoms with Crippen LogP contribution in [0.2, 0.25) is 0 Å². The molecule has 0 saturated carbocycles. The van der Waals surface area contributed by atoms with Crippen molar-refractivity contribution in [2.24, 2.45) is 0 Å². The predicted molar refractivity (Wildman–Crippen MR) is 93.1 cm³/mol. The van der Waals surface area contributed by atoms with Crippen molar-refractivity contribution in [1.82, 2.24) is 9.97 Å². The van der Waals surface area contributed by atoms with E-state index >= 15 is 0 Å². The average Bonchev–Trinajstić information content (AvgIpc) is 2.63. The fraction of sp³-hybridized carbons (Fsp3) is 0.444. The first-order valence-corrected chi connectivity index (χ1v) is 8.31. The minimum absolute atomic E-state index is 0.0705. The molecule has 0 spiro atoms. The molecular weight excluding hydrogens is 347 g/mol. The van der Waals surface area contributed by atoms with Crippen LogP contribution in [0.15, 0.2) is 30.5 Å². The molecule has 0 bridgehead atoms. The van der Waals surface area contributed by atoms with Gasteiger partial charge in [-0.1, -0.05) is 25.8 Å². The number of methoxy groups -OCH3 is 1. The van der Waals surface area contributed by atoms with Gasteiger partial charge < -0.3 is 14.4 Å². The van der Waals surface area contributed by atoms with Gasteiger partial charge in [0, 0.05) is 25.0 Å². The summed E-state index contributed by atoms with van der Waals surface area (Å²) in [5.41, 5.74) is -0.422. The van der Waals surface area contributed by atoms with Crippen LogP contribution in [0, 0.1) is 0 Å². The molecule has 0 saturated heterocycles. The van der Waals surface area contributed by atoms with E-state index in [1.165, 1.54) is 19.1 Å². The molecular formula is C18H22F3N3O2. The van der Waals surface area contributed by atoms with Crippen molar-refractivity contribution in [3.05, 3.63) is 36.0 Å². The standard InChI is InChI=1S/C18H22F3N3O2/c1-4-5-6-10-26-17-22-12-15(18(19,20)21)16(23-17)24(2)13-8-7-9-14(11-13)25-3/h7-9,11-12H,4-6,10H2,1-3H3. The first-order chi connectivity index (χ1) is 12.4. The summed E-state index contributed by atoms with van der Waals surface area (Å²) < 4.78 is 50.7. The zero-order valence-electron chi connectivity index (χ0n) is 15.0. The van der Waals surface area contributed by atoms with E-state index in [0.29, 0.717) is 18.0 Å². The van der Waals surface area contributed by atoms with Gasteiger partial charge in [0.05, 0.1) is 13.7 Å². The maximum absolute atomic E-state index is 13.4. The third kappa shape index (κ3) is 5.00. The van der Waals surface area contributed by atoms with Gasteiger partial charge in [0.15, 0.2) is 5.82 Å². The monoisotopic (exact) mass is 369 g/mol.